The number of methoxy groups -OCH3 is 1. The third-order valence-corrected chi connectivity index (χ3v) is 2.40. The van der Waals surface area contributed by atoms with Crippen molar-refractivity contribution < 1.29 is 4.74 Å². The molecule has 0 aliphatic rings. The minimum atomic E-state index is 0.595. The lowest BCUT2D eigenvalue weighted by Crippen LogP contribution is -1.87. The van der Waals surface area contributed by atoms with Crippen LogP contribution < -0.4 is 4.74 Å². The van der Waals surface area contributed by atoms with Gasteiger partial charge in [-0.2, -0.15) is 0 Å². The largest absolute Gasteiger partial charge is 0.495 e. The normalized spacial score (nSPS) is 10.5. The summed E-state index contributed by atoms with van der Waals surface area (Å²) in [6.45, 7) is 1.96. The fourth-order valence-corrected chi connectivity index (χ4v) is 1.62. The Morgan fingerprint density at radius 1 is 1.29 bits per heavy atom. The fourth-order valence-electron chi connectivity index (χ4n) is 1.38. The number of aryl methyl sites for hydroxylation is 1. The van der Waals surface area contributed by atoms with E-state index in [0.717, 1.165) is 16.6 Å². The zero-order valence-electron chi connectivity index (χ0n) is 8.04. The van der Waals surface area contributed by atoms with Crippen molar-refractivity contribution in [2.24, 2.45) is 0 Å². The molecular weight excluding hydrogens is 198 g/mol. The van der Waals surface area contributed by atoms with Crippen molar-refractivity contribution >= 4 is 22.5 Å². The van der Waals surface area contributed by atoms with Gasteiger partial charge in [0.1, 0.15) is 5.75 Å². The highest BCUT2D eigenvalue weighted by atomic mass is 35.5. The summed E-state index contributed by atoms with van der Waals surface area (Å²) < 4.78 is 5.12. The van der Waals surface area contributed by atoms with Crippen LogP contribution in [0.25, 0.3) is 10.9 Å². The Morgan fingerprint density at radius 3 is 2.79 bits per heavy atom. The first kappa shape index (κ1) is 9.28. The molecule has 2 aromatic rings. The van der Waals surface area contributed by atoms with E-state index < -0.39 is 0 Å². The molecule has 0 aliphatic heterocycles. The number of hydrogen-bond acceptors (Lipinski definition) is 2. The highest BCUT2D eigenvalue weighted by Gasteiger charge is 2.03. The van der Waals surface area contributed by atoms with Gasteiger partial charge in [-0.15, -0.1) is 0 Å². The number of rotatable bonds is 1. The van der Waals surface area contributed by atoms with E-state index in [0.29, 0.717) is 10.8 Å². The summed E-state index contributed by atoms with van der Waals surface area (Å²) in [6, 6.07) is 7.69. The molecule has 14 heavy (non-hydrogen) atoms. The lowest BCUT2D eigenvalue weighted by Gasteiger charge is -2.05. The SMILES string of the molecule is COc1cc2ccc(C)nc2cc1Cl. The van der Waals surface area contributed by atoms with Crippen LogP contribution in [0.5, 0.6) is 5.75 Å². The average molecular weight is 208 g/mol. The van der Waals surface area contributed by atoms with E-state index >= 15 is 0 Å². The van der Waals surface area contributed by atoms with Crippen molar-refractivity contribution in [2.45, 2.75) is 6.92 Å². The first-order valence-corrected chi connectivity index (χ1v) is 4.69. The Kier molecular flexibility index (Phi) is 2.30. The molecule has 2 nitrogen and oxygen atoms in total. The molecule has 0 saturated heterocycles. The Bertz CT molecular complexity index is 482. The maximum atomic E-state index is 5.99. The molecule has 0 fully saturated rings. The molecule has 3 heteroatoms. The average Bonchev–Trinajstić information content (AvgIpc) is 2.16. The van der Waals surface area contributed by atoms with Crippen molar-refractivity contribution in [3.63, 3.8) is 0 Å². The van der Waals surface area contributed by atoms with Gasteiger partial charge in [0.2, 0.25) is 0 Å². The highest BCUT2D eigenvalue weighted by molar-refractivity contribution is 6.32. The maximum absolute atomic E-state index is 5.99. The molecule has 0 bridgehead atoms. The van der Waals surface area contributed by atoms with Gasteiger partial charge >= 0.3 is 0 Å². The van der Waals surface area contributed by atoms with Gasteiger partial charge in [0.25, 0.3) is 0 Å². The third-order valence-electron chi connectivity index (χ3n) is 2.10. The summed E-state index contributed by atoms with van der Waals surface area (Å²) in [7, 11) is 1.61. The number of fused-ring (bicyclic) bond motifs is 1. The summed E-state index contributed by atoms with van der Waals surface area (Å²) in [6.07, 6.45) is 0. The molecule has 0 saturated carbocycles. The first-order chi connectivity index (χ1) is 6.70. The second kappa shape index (κ2) is 3.46. The second-order valence-corrected chi connectivity index (χ2v) is 3.54. The predicted molar refractivity (Wildman–Crippen MR) is 58.0 cm³/mol. The molecule has 1 aromatic heterocycles. The van der Waals surface area contributed by atoms with Crippen LogP contribution in [0.4, 0.5) is 0 Å². The third kappa shape index (κ3) is 1.53. The van der Waals surface area contributed by atoms with Crippen molar-refractivity contribution in [1.29, 1.82) is 0 Å². The first-order valence-electron chi connectivity index (χ1n) is 4.31. The van der Waals surface area contributed by atoms with Gasteiger partial charge in [-0.05, 0) is 25.1 Å². The molecule has 2 rings (SSSR count). The zero-order chi connectivity index (χ0) is 10.1. The van der Waals surface area contributed by atoms with Crippen molar-refractivity contribution in [3.05, 3.63) is 35.0 Å². The second-order valence-electron chi connectivity index (χ2n) is 3.13. The van der Waals surface area contributed by atoms with E-state index in [1.807, 2.05) is 31.2 Å². The Hall–Kier alpha value is -1.28. The van der Waals surface area contributed by atoms with Crippen LogP contribution in [-0.2, 0) is 0 Å². The van der Waals surface area contributed by atoms with Gasteiger partial charge in [0.15, 0.2) is 0 Å². The van der Waals surface area contributed by atoms with Crippen LogP contribution in [0.15, 0.2) is 24.3 Å². The molecule has 0 amide bonds. The topological polar surface area (TPSA) is 22.1 Å². The van der Waals surface area contributed by atoms with Gasteiger partial charge in [0.05, 0.1) is 17.6 Å². The standard InChI is InChI=1S/C11H10ClNO/c1-7-3-4-8-5-11(14-2)9(12)6-10(8)13-7/h3-6H,1-2H3. The monoisotopic (exact) mass is 207 g/mol. The molecular formula is C11H10ClNO. The molecule has 0 unspecified atom stereocenters. The lowest BCUT2D eigenvalue weighted by atomic mass is 10.2. The minimum Gasteiger partial charge on any atom is -0.495 e. The van der Waals surface area contributed by atoms with E-state index in [9.17, 15) is 0 Å². The summed E-state index contributed by atoms with van der Waals surface area (Å²) in [5, 5.41) is 1.63. The minimum absolute atomic E-state index is 0.595. The van der Waals surface area contributed by atoms with Gasteiger partial charge in [-0.1, -0.05) is 17.7 Å². The summed E-state index contributed by atoms with van der Waals surface area (Å²) in [5.41, 5.74) is 1.88. The van der Waals surface area contributed by atoms with Crippen LogP contribution in [0.1, 0.15) is 5.69 Å². The van der Waals surface area contributed by atoms with Crippen LogP contribution in [0.2, 0.25) is 5.02 Å². The molecule has 0 aliphatic carbocycles. The molecule has 0 N–H and O–H groups in total. The van der Waals surface area contributed by atoms with Gasteiger partial charge in [0, 0.05) is 11.1 Å². The Balaban J connectivity index is 2.73. The van der Waals surface area contributed by atoms with Crippen molar-refractivity contribution in [2.75, 3.05) is 7.11 Å². The molecule has 1 aromatic carbocycles. The number of aromatic nitrogens is 1. The van der Waals surface area contributed by atoms with Crippen LogP contribution in [0.3, 0.4) is 0 Å². The van der Waals surface area contributed by atoms with Crippen LogP contribution in [-0.4, -0.2) is 12.1 Å². The van der Waals surface area contributed by atoms with E-state index in [2.05, 4.69) is 4.98 Å². The van der Waals surface area contributed by atoms with Gasteiger partial charge in [-0.3, -0.25) is 4.98 Å². The quantitative estimate of drug-likeness (QED) is 0.717. The Labute approximate surface area is 87.5 Å². The fraction of sp³-hybridized carbons (Fsp3) is 0.182. The number of pyridine rings is 1. The lowest BCUT2D eigenvalue weighted by molar-refractivity contribution is 0.415. The number of nitrogens with zero attached hydrogens (tertiary/aromatic N) is 1. The molecule has 72 valence electrons. The van der Waals surface area contributed by atoms with Crippen molar-refractivity contribution in [1.82, 2.24) is 4.98 Å². The predicted octanol–water partition coefficient (Wildman–Crippen LogP) is 3.21. The maximum Gasteiger partial charge on any atom is 0.138 e. The van der Waals surface area contributed by atoms with E-state index in [1.165, 1.54) is 0 Å². The number of hydrogen-bond donors (Lipinski definition) is 0. The Morgan fingerprint density at radius 2 is 2.07 bits per heavy atom. The van der Waals surface area contributed by atoms with Crippen LogP contribution >= 0.6 is 11.6 Å². The van der Waals surface area contributed by atoms with Gasteiger partial charge < -0.3 is 4.74 Å². The molecule has 0 spiro atoms. The zero-order valence-corrected chi connectivity index (χ0v) is 8.80. The van der Waals surface area contributed by atoms with Gasteiger partial charge in [-0.25, -0.2) is 0 Å². The smallest absolute Gasteiger partial charge is 0.138 e. The van der Waals surface area contributed by atoms with Crippen molar-refractivity contribution in [3.8, 4) is 5.75 Å². The summed E-state index contributed by atoms with van der Waals surface area (Å²) in [5.74, 6) is 0.685. The molecule has 0 radical (unpaired) electrons. The molecule has 1 heterocycles. The number of ether oxygens (including phenoxy) is 1. The summed E-state index contributed by atoms with van der Waals surface area (Å²) >= 11 is 5.99. The number of benzene rings is 1. The summed E-state index contributed by atoms with van der Waals surface area (Å²) in [4.78, 5) is 4.37. The molecule has 0 atom stereocenters. The highest BCUT2D eigenvalue weighted by Crippen LogP contribution is 2.28. The van der Waals surface area contributed by atoms with E-state index in [4.69, 9.17) is 16.3 Å². The van der Waals surface area contributed by atoms with Crippen LogP contribution in [0, 0.1) is 6.92 Å². The van der Waals surface area contributed by atoms with E-state index in [1.54, 1.807) is 7.11 Å². The van der Waals surface area contributed by atoms with E-state index in [-0.39, 0.29) is 0 Å². The number of halogens is 1.